The fourth-order valence-corrected chi connectivity index (χ4v) is 14.0. The van der Waals surface area contributed by atoms with Crippen molar-refractivity contribution < 1.29 is 117 Å². The van der Waals surface area contributed by atoms with Crippen molar-refractivity contribution in [1.82, 2.24) is 43.6 Å². The number of fused-ring (bicyclic) bond motifs is 7. The highest BCUT2D eigenvalue weighted by Crippen LogP contribution is 2.33. The molecular formula is C84H128N10O25S2. The van der Waals surface area contributed by atoms with Gasteiger partial charge in [0.05, 0.1) is 60.9 Å². The SMILES string of the molecule is CC(O)CCN.CC(O)CCNC(=O)OC(C)(C)C.CC1CCN(C(=O)OC(C)(C)C)S(=O)(=O)O1.CC1CCN(C(=O)OC(C)(C)C)S(=O)O1.CC1CCNC(=O)c2cc3ccc(C(=O)O)cc3n21.CCOC(=O)c1ccc2cc(C(=O)OCC)n(C(C)CCNC(=O)OC(C)(C)C)c2c1.CCOC(=O)c1ccc2cc3n(c2c1)C(C)CCNC3=O. The van der Waals surface area contributed by atoms with Crippen LogP contribution in [0.25, 0.3) is 32.7 Å². The Hall–Kier alpha value is -9.92. The first-order valence-corrected chi connectivity index (χ1v) is 42.9. The number of carbonyl (C=O) groups is 10. The lowest BCUT2D eigenvalue weighted by Gasteiger charge is -2.31. The van der Waals surface area contributed by atoms with Crippen LogP contribution in [0.2, 0.25) is 0 Å². The van der Waals surface area contributed by atoms with Gasteiger partial charge in [-0.3, -0.25) is 18.0 Å². The van der Waals surface area contributed by atoms with Gasteiger partial charge in [0, 0.05) is 90.1 Å². The van der Waals surface area contributed by atoms with E-state index >= 15 is 0 Å². The molecule has 7 heterocycles. The molecule has 4 aliphatic rings. The number of nitrogens with one attached hydrogen (secondary N) is 4. The van der Waals surface area contributed by atoms with E-state index in [9.17, 15) is 60.6 Å². The van der Waals surface area contributed by atoms with Crippen LogP contribution in [0.15, 0.2) is 72.8 Å². The van der Waals surface area contributed by atoms with Crippen LogP contribution in [-0.4, -0.2) is 223 Å². The minimum Gasteiger partial charge on any atom is -0.478 e. The van der Waals surface area contributed by atoms with E-state index < -0.39 is 98.5 Å². The Labute approximate surface area is 712 Å². The molecule has 0 radical (unpaired) electrons. The summed E-state index contributed by atoms with van der Waals surface area (Å²) in [7, 11) is -3.99. The van der Waals surface area contributed by atoms with Crippen molar-refractivity contribution in [2.45, 2.75) is 262 Å². The van der Waals surface area contributed by atoms with Crippen LogP contribution in [0.5, 0.6) is 0 Å². The van der Waals surface area contributed by atoms with E-state index in [-0.39, 0.29) is 73.4 Å². The summed E-state index contributed by atoms with van der Waals surface area (Å²) in [6, 6.07) is 21.2. The highest BCUT2D eigenvalue weighted by molar-refractivity contribution is 7.85. The molecule has 37 heteroatoms. The van der Waals surface area contributed by atoms with Crippen molar-refractivity contribution in [3.8, 4) is 0 Å². The number of aromatic carboxylic acids is 1. The number of rotatable bonds is 16. The van der Waals surface area contributed by atoms with Gasteiger partial charge in [0.2, 0.25) is 0 Å². The van der Waals surface area contributed by atoms with E-state index in [1.54, 1.807) is 173 Å². The van der Waals surface area contributed by atoms with E-state index in [2.05, 4.69) is 28.2 Å². The molecule has 4 aliphatic heterocycles. The predicted molar refractivity (Wildman–Crippen MR) is 457 cm³/mol. The minimum absolute atomic E-state index is 0.0618. The molecule has 10 rings (SSSR count). The van der Waals surface area contributed by atoms with Gasteiger partial charge in [-0.1, -0.05) is 18.2 Å². The fraction of sp³-hybridized carbons (Fsp3) is 0.595. The predicted octanol–water partition coefficient (Wildman–Crippen LogP) is 12.9. The lowest BCUT2D eigenvalue weighted by Crippen LogP contribution is -2.47. The Balaban J connectivity index is 0.000000307. The van der Waals surface area contributed by atoms with Crippen molar-refractivity contribution >= 4 is 114 Å². The molecule has 8 unspecified atom stereocenters. The maximum Gasteiger partial charge on any atom is 0.425 e. The zero-order valence-electron chi connectivity index (χ0n) is 73.9. The third-order valence-electron chi connectivity index (χ3n) is 17.5. The topological polar surface area (TPSA) is 461 Å². The summed E-state index contributed by atoms with van der Waals surface area (Å²) < 4.78 is 87.4. The average Bonchev–Trinajstić information content (AvgIpc) is 1.63. The highest BCUT2D eigenvalue weighted by atomic mass is 32.2. The van der Waals surface area contributed by atoms with E-state index in [4.69, 9.17) is 62.6 Å². The van der Waals surface area contributed by atoms with Crippen molar-refractivity contribution in [1.29, 1.82) is 0 Å². The summed E-state index contributed by atoms with van der Waals surface area (Å²) in [5.74, 6) is -2.31. The molecule has 0 saturated carbocycles. The number of aromatic nitrogens is 3. The molecule has 6 amide bonds. The number of hydrogen-bond donors (Lipinski definition) is 8. The first kappa shape index (κ1) is 103. The monoisotopic (exact) mass is 1740 g/mol. The fourth-order valence-electron chi connectivity index (χ4n) is 11.9. The molecule has 0 aliphatic carbocycles. The van der Waals surface area contributed by atoms with Crippen LogP contribution < -0.4 is 27.0 Å². The Morgan fingerprint density at radius 2 is 0.950 bits per heavy atom. The second-order valence-electron chi connectivity index (χ2n) is 33.0. The number of amides is 6. The molecule has 3 aromatic carbocycles. The second-order valence-corrected chi connectivity index (χ2v) is 35.6. The van der Waals surface area contributed by atoms with Gasteiger partial charge in [-0.15, -0.1) is 0 Å². The third-order valence-corrected chi connectivity index (χ3v) is 20.1. The van der Waals surface area contributed by atoms with Crippen LogP contribution >= 0.6 is 0 Å². The average molecular weight is 1740 g/mol. The zero-order valence-corrected chi connectivity index (χ0v) is 75.6. The number of nitrogens with zero attached hydrogens (tertiary/aromatic N) is 5. The first-order chi connectivity index (χ1) is 56.2. The van der Waals surface area contributed by atoms with Gasteiger partial charge < -0.3 is 89.2 Å². The number of aliphatic hydroxyl groups excluding tert-OH is 2. The van der Waals surface area contributed by atoms with Crippen LogP contribution in [-0.2, 0) is 63.1 Å². The summed E-state index contributed by atoms with van der Waals surface area (Å²) in [4.78, 5) is 118. The molecule has 2 fully saturated rings. The Morgan fingerprint density at radius 3 is 1.36 bits per heavy atom. The van der Waals surface area contributed by atoms with Crippen LogP contribution in [0.1, 0.15) is 278 Å². The summed E-state index contributed by atoms with van der Waals surface area (Å²) in [6.07, 6.45) is 1.12. The minimum atomic E-state index is -3.99. The van der Waals surface area contributed by atoms with E-state index in [0.717, 1.165) is 49.9 Å². The molecule has 0 spiro atoms. The first-order valence-electron chi connectivity index (χ1n) is 40.5. The molecule has 35 nitrogen and oxygen atoms in total. The second kappa shape index (κ2) is 46.9. The van der Waals surface area contributed by atoms with Gasteiger partial charge in [0.15, 0.2) is 0 Å². The number of aliphatic hydroxyl groups is 2. The van der Waals surface area contributed by atoms with Gasteiger partial charge in [-0.05, 0) is 258 Å². The summed E-state index contributed by atoms with van der Waals surface area (Å²) >= 11 is -1.71. The van der Waals surface area contributed by atoms with Gasteiger partial charge in [-0.25, -0.2) is 46.9 Å². The maximum atomic E-state index is 12.6. The molecule has 8 atom stereocenters. The van der Waals surface area contributed by atoms with Crippen molar-refractivity contribution in [3.63, 3.8) is 0 Å². The number of ether oxygens (including phenoxy) is 7. The molecule has 676 valence electrons. The summed E-state index contributed by atoms with van der Waals surface area (Å²) in [5, 5.41) is 40.1. The summed E-state index contributed by atoms with van der Waals surface area (Å²) in [5.41, 5.74) is 7.96. The Morgan fingerprint density at radius 1 is 0.545 bits per heavy atom. The maximum absolute atomic E-state index is 12.6. The van der Waals surface area contributed by atoms with E-state index in [1.165, 1.54) is 0 Å². The van der Waals surface area contributed by atoms with Crippen molar-refractivity contribution in [2.24, 2.45) is 5.73 Å². The molecular weight excluding hydrogens is 1610 g/mol. The van der Waals surface area contributed by atoms with Gasteiger partial charge in [0.25, 0.3) is 23.1 Å². The molecule has 0 bridgehead atoms. The Bertz CT molecular complexity index is 4640. The molecule has 6 aromatic rings. The molecule has 2 saturated heterocycles. The lowest BCUT2D eigenvalue weighted by molar-refractivity contribution is 0.0295. The smallest absolute Gasteiger partial charge is 0.425 e. The van der Waals surface area contributed by atoms with Gasteiger partial charge in [-0.2, -0.15) is 12.7 Å². The number of esters is 3. The standard InChI is InChI=1S/C23H32N2O6.C16H18N2O3.C14H14N2O3.C9H17NO5S.C9H17NO4S.C9H19NO3.C4H11NO/c1-7-29-20(26)17-10-9-16-13-19(21(27)30-8-2)25(18(16)14-17)15(3)11-12-24-22(28)31-23(4,5)6;1-3-21-16(20)12-5-4-11-8-14-15(19)17-7-6-10(2)18(14)13(11)9-12;1-8-4-5-15-13(17)12-6-9-2-3-10(14(18)19)7-11(9)16(8)12;1-7-5-6-10(16(12,13)15-7)8(11)14-9(2,3)4;1-7-5-6-10(15(12)14-7)8(11)13-9(2,3)4;1-7(11)5-6-10-8(12)13-9(2,3)4;1-4(6)2-3-5/h9-10,13-15H,7-8,11-12H2,1-6H3,(H,24,28);4-5,8-10H,3,6-7H2,1-2H3,(H,17,19);2-3,6-8H,4-5H2,1H3,(H,15,17)(H,18,19);7H,5-6H2,1-4H3;7H,5-6H2,1-4H3;7,11H,5-6H2,1-4H3,(H,10,12);4,6H,2-3,5H2,1H3. The number of hydrogen-bond acceptors (Lipinski definition) is 25. The number of carbonyl (C=O) groups excluding carboxylic acids is 9. The van der Waals surface area contributed by atoms with E-state index in [0.29, 0.717) is 110 Å². The number of alkyl carbamates (subject to hydrolysis) is 2. The van der Waals surface area contributed by atoms with Gasteiger partial charge in [0.1, 0.15) is 39.5 Å². The third kappa shape index (κ3) is 34.1. The Kier molecular flexibility index (Phi) is 40.1. The largest absolute Gasteiger partial charge is 0.478 e. The quantitative estimate of drug-likeness (QED) is 0.0329. The normalized spacial score (nSPS) is 18.2. The van der Waals surface area contributed by atoms with Crippen molar-refractivity contribution in [3.05, 3.63) is 107 Å². The number of nitrogens with two attached hydrogens (primary N) is 1. The number of carboxylic acid groups (broad SMARTS) is 1. The summed E-state index contributed by atoms with van der Waals surface area (Å²) in [6.45, 7) is 43.4. The molecule has 3 aromatic heterocycles. The van der Waals surface area contributed by atoms with Crippen LogP contribution in [0.3, 0.4) is 0 Å². The van der Waals surface area contributed by atoms with E-state index in [1.807, 2.05) is 58.7 Å². The van der Waals surface area contributed by atoms with Crippen molar-refractivity contribution in [2.75, 3.05) is 65.6 Å². The lowest BCUT2D eigenvalue weighted by atomic mass is 10.1. The number of carboxylic acids is 1. The van der Waals surface area contributed by atoms with Crippen LogP contribution in [0, 0.1) is 0 Å². The number of benzene rings is 3. The molecule has 9 N–H and O–H groups in total. The zero-order chi connectivity index (χ0) is 91.4. The molecule has 121 heavy (non-hydrogen) atoms. The van der Waals surface area contributed by atoms with Crippen LogP contribution in [0.4, 0.5) is 19.2 Å². The van der Waals surface area contributed by atoms with Gasteiger partial charge >= 0.3 is 58.6 Å². The highest BCUT2D eigenvalue weighted by Gasteiger charge is 2.38.